The summed E-state index contributed by atoms with van der Waals surface area (Å²) in [5, 5.41) is 12.1. The largest absolute Gasteiger partial charge is 0.481 e. The Balaban J connectivity index is 1.50. The molecule has 2 aliphatic heterocycles. The fourth-order valence-corrected chi connectivity index (χ4v) is 3.99. The summed E-state index contributed by atoms with van der Waals surface area (Å²) in [5.74, 6) is -0.175. The van der Waals surface area contributed by atoms with Crippen molar-refractivity contribution in [3.05, 3.63) is 24.0 Å². The lowest BCUT2D eigenvalue weighted by atomic mass is 9.99. The third-order valence-corrected chi connectivity index (χ3v) is 5.42. The monoisotopic (exact) mass is 356 g/mol. The summed E-state index contributed by atoms with van der Waals surface area (Å²) in [7, 11) is 0. The Hall–Kier alpha value is -2.57. The molecule has 0 saturated carbocycles. The highest BCUT2D eigenvalue weighted by Gasteiger charge is 2.28. The second-order valence-corrected chi connectivity index (χ2v) is 7.25. The van der Waals surface area contributed by atoms with Crippen LogP contribution in [0.2, 0.25) is 0 Å². The third-order valence-electron chi connectivity index (χ3n) is 5.42. The quantitative estimate of drug-likeness (QED) is 0.865. The number of urea groups is 1. The number of aryl methyl sites for hydroxylation is 2. The summed E-state index contributed by atoms with van der Waals surface area (Å²) >= 11 is 0. The Morgan fingerprint density at radius 3 is 2.88 bits per heavy atom. The van der Waals surface area contributed by atoms with Crippen molar-refractivity contribution in [2.75, 3.05) is 18.4 Å². The molecule has 0 bridgehead atoms. The molecule has 26 heavy (non-hydrogen) atoms. The van der Waals surface area contributed by atoms with Gasteiger partial charge in [0.2, 0.25) is 0 Å². The van der Waals surface area contributed by atoms with Crippen LogP contribution in [0.25, 0.3) is 11.0 Å². The number of benzene rings is 1. The minimum Gasteiger partial charge on any atom is -0.481 e. The lowest BCUT2D eigenvalue weighted by Crippen LogP contribution is -2.44. The first-order chi connectivity index (χ1) is 12.6. The van der Waals surface area contributed by atoms with Crippen LogP contribution < -0.4 is 5.32 Å². The maximum atomic E-state index is 12.5. The first-order valence-electron chi connectivity index (χ1n) is 9.40. The molecule has 3 heterocycles. The summed E-state index contributed by atoms with van der Waals surface area (Å²) in [6, 6.07) is 5.59. The van der Waals surface area contributed by atoms with Crippen molar-refractivity contribution in [1.82, 2.24) is 14.5 Å². The zero-order valence-electron chi connectivity index (χ0n) is 14.8. The van der Waals surface area contributed by atoms with E-state index in [1.807, 2.05) is 18.2 Å². The maximum absolute atomic E-state index is 12.5. The fourth-order valence-electron chi connectivity index (χ4n) is 3.99. The number of hydrogen-bond acceptors (Lipinski definition) is 3. The number of carbonyl (C=O) groups is 2. The summed E-state index contributed by atoms with van der Waals surface area (Å²) in [6.07, 6.45) is 5.94. The van der Waals surface area contributed by atoms with Crippen LogP contribution in [0, 0.1) is 5.92 Å². The van der Waals surface area contributed by atoms with E-state index < -0.39 is 11.9 Å². The summed E-state index contributed by atoms with van der Waals surface area (Å²) in [4.78, 5) is 30.0. The van der Waals surface area contributed by atoms with Gasteiger partial charge in [-0.05, 0) is 43.9 Å². The number of nitrogens with zero attached hydrogens (tertiary/aromatic N) is 3. The number of imidazole rings is 1. The van der Waals surface area contributed by atoms with Crippen LogP contribution >= 0.6 is 0 Å². The van der Waals surface area contributed by atoms with Gasteiger partial charge in [-0.1, -0.05) is 6.42 Å². The van der Waals surface area contributed by atoms with Crippen molar-refractivity contribution in [2.24, 2.45) is 5.92 Å². The first kappa shape index (κ1) is 16.9. The van der Waals surface area contributed by atoms with Crippen LogP contribution in [-0.2, 0) is 17.8 Å². The molecule has 1 unspecified atom stereocenters. The number of anilines is 1. The molecule has 1 saturated heterocycles. The Bertz CT molecular complexity index is 845. The van der Waals surface area contributed by atoms with Gasteiger partial charge < -0.3 is 19.9 Å². The number of piperidine rings is 1. The number of carbonyl (C=O) groups excluding carboxylic acids is 1. The SMILES string of the molecule is O=C(O)C1CCCN(C(=O)Nc2ccc3c(c2)nc2n3CCCCC2)C1. The Morgan fingerprint density at radius 1 is 1.15 bits per heavy atom. The van der Waals surface area contributed by atoms with Crippen molar-refractivity contribution in [2.45, 2.75) is 45.1 Å². The van der Waals surface area contributed by atoms with Crippen LogP contribution in [0.5, 0.6) is 0 Å². The minimum atomic E-state index is -0.830. The fraction of sp³-hybridized carbons (Fsp3) is 0.526. The summed E-state index contributed by atoms with van der Waals surface area (Å²) in [6.45, 7) is 1.86. The molecule has 1 atom stereocenters. The number of rotatable bonds is 2. The molecule has 2 aliphatic rings. The van der Waals surface area contributed by atoms with Crippen LogP contribution in [0.3, 0.4) is 0 Å². The zero-order valence-corrected chi connectivity index (χ0v) is 14.8. The van der Waals surface area contributed by atoms with Gasteiger partial charge in [0.25, 0.3) is 0 Å². The molecule has 1 aromatic heterocycles. The standard InChI is InChI=1S/C19H24N4O3/c24-18(25)13-5-4-9-22(12-13)19(26)20-14-7-8-16-15(11-14)21-17-6-2-1-3-10-23(16)17/h7-8,11,13H,1-6,9-10,12H2,(H,20,26)(H,24,25). The second-order valence-electron chi connectivity index (χ2n) is 7.25. The number of amides is 2. The van der Waals surface area contributed by atoms with E-state index in [1.54, 1.807) is 4.90 Å². The Kier molecular flexibility index (Phi) is 4.53. The van der Waals surface area contributed by atoms with Gasteiger partial charge in [-0.3, -0.25) is 4.79 Å². The topological polar surface area (TPSA) is 87.5 Å². The van der Waals surface area contributed by atoms with E-state index in [9.17, 15) is 14.7 Å². The molecule has 1 fully saturated rings. The van der Waals surface area contributed by atoms with Crippen molar-refractivity contribution >= 4 is 28.7 Å². The predicted octanol–water partition coefficient (Wildman–Crippen LogP) is 3.09. The van der Waals surface area contributed by atoms with Crippen LogP contribution in [0.1, 0.15) is 37.9 Å². The van der Waals surface area contributed by atoms with Crippen molar-refractivity contribution in [3.8, 4) is 0 Å². The zero-order chi connectivity index (χ0) is 18.1. The van der Waals surface area contributed by atoms with E-state index >= 15 is 0 Å². The first-order valence-corrected chi connectivity index (χ1v) is 9.40. The van der Waals surface area contributed by atoms with Gasteiger partial charge in [0.05, 0.1) is 17.0 Å². The highest BCUT2D eigenvalue weighted by Crippen LogP contribution is 2.25. The minimum absolute atomic E-state index is 0.240. The normalized spacial score (nSPS) is 20.5. The van der Waals surface area contributed by atoms with Crippen molar-refractivity contribution in [3.63, 3.8) is 0 Å². The number of nitrogens with one attached hydrogen (secondary N) is 1. The lowest BCUT2D eigenvalue weighted by molar-refractivity contribution is -0.143. The molecular formula is C19H24N4O3. The van der Waals surface area contributed by atoms with E-state index in [2.05, 4.69) is 9.88 Å². The van der Waals surface area contributed by atoms with Gasteiger partial charge in [-0.2, -0.15) is 0 Å². The number of fused-ring (bicyclic) bond motifs is 3. The molecule has 0 aliphatic carbocycles. The number of likely N-dealkylation sites (tertiary alicyclic amines) is 1. The lowest BCUT2D eigenvalue weighted by Gasteiger charge is -2.30. The average molecular weight is 356 g/mol. The van der Waals surface area contributed by atoms with E-state index in [4.69, 9.17) is 4.98 Å². The molecule has 2 aromatic rings. The van der Waals surface area contributed by atoms with E-state index in [0.717, 1.165) is 36.2 Å². The number of hydrogen-bond donors (Lipinski definition) is 2. The highest BCUT2D eigenvalue weighted by molar-refractivity contribution is 5.92. The van der Waals surface area contributed by atoms with Crippen LogP contribution in [0.15, 0.2) is 18.2 Å². The van der Waals surface area contributed by atoms with E-state index in [0.29, 0.717) is 18.7 Å². The highest BCUT2D eigenvalue weighted by atomic mass is 16.4. The summed E-state index contributed by atoms with van der Waals surface area (Å²) in [5.41, 5.74) is 2.72. The molecule has 4 rings (SSSR count). The number of carboxylic acid groups (broad SMARTS) is 1. The third kappa shape index (κ3) is 3.25. The van der Waals surface area contributed by atoms with Crippen LogP contribution in [-0.4, -0.2) is 44.6 Å². The van der Waals surface area contributed by atoms with Gasteiger partial charge in [0.15, 0.2) is 0 Å². The van der Waals surface area contributed by atoms with E-state index in [-0.39, 0.29) is 12.6 Å². The van der Waals surface area contributed by atoms with Gasteiger partial charge in [-0.25, -0.2) is 9.78 Å². The summed E-state index contributed by atoms with van der Waals surface area (Å²) < 4.78 is 2.29. The Labute approximate surface area is 152 Å². The number of aromatic nitrogens is 2. The second kappa shape index (κ2) is 6.97. The molecule has 7 heteroatoms. The molecule has 1 aromatic carbocycles. The maximum Gasteiger partial charge on any atom is 0.321 e. The van der Waals surface area contributed by atoms with Gasteiger partial charge in [-0.15, -0.1) is 0 Å². The number of aliphatic carboxylic acids is 1. The molecule has 0 spiro atoms. The van der Waals surface area contributed by atoms with Crippen LogP contribution in [0.4, 0.5) is 10.5 Å². The molecular weight excluding hydrogens is 332 g/mol. The predicted molar refractivity (Wildman–Crippen MR) is 98.2 cm³/mol. The molecule has 2 amide bonds. The molecule has 0 radical (unpaired) electrons. The molecule has 7 nitrogen and oxygen atoms in total. The smallest absolute Gasteiger partial charge is 0.321 e. The average Bonchev–Trinajstić information content (AvgIpc) is 2.82. The van der Waals surface area contributed by atoms with Crippen molar-refractivity contribution in [1.29, 1.82) is 0 Å². The van der Waals surface area contributed by atoms with Gasteiger partial charge in [0.1, 0.15) is 5.82 Å². The number of carboxylic acids is 1. The Morgan fingerprint density at radius 2 is 2.04 bits per heavy atom. The van der Waals surface area contributed by atoms with Gasteiger partial charge >= 0.3 is 12.0 Å². The molecule has 138 valence electrons. The van der Waals surface area contributed by atoms with Gasteiger partial charge in [0, 0.05) is 31.7 Å². The van der Waals surface area contributed by atoms with Crippen molar-refractivity contribution < 1.29 is 14.7 Å². The molecule has 2 N–H and O–H groups in total. The van der Waals surface area contributed by atoms with E-state index in [1.165, 1.54) is 19.3 Å².